The van der Waals surface area contributed by atoms with Gasteiger partial charge in [0.1, 0.15) is 5.75 Å². The van der Waals surface area contributed by atoms with Gasteiger partial charge >= 0.3 is 0 Å². The number of nitrogens with two attached hydrogens (primary N) is 1. The smallest absolute Gasteiger partial charge is 0.255 e. The van der Waals surface area contributed by atoms with Gasteiger partial charge in [0.05, 0.1) is 6.04 Å². The number of rotatable bonds is 4. The summed E-state index contributed by atoms with van der Waals surface area (Å²) in [6.45, 7) is 2.27. The molecule has 1 fully saturated rings. The van der Waals surface area contributed by atoms with E-state index in [-0.39, 0.29) is 18.6 Å². The largest absolute Gasteiger partial charge is 0.484 e. The summed E-state index contributed by atoms with van der Waals surface area (Å²) in [5.41, 5.74) is 7.35. The number of nitrogens with one attached hydrogen (secondary N) is 1. The number of amides is 2. The lowest BCUT2D eigenvalue weighted by molar-refractivity contribution is -0.134. The van der Waals surface area contributed by atoms with E-state index in [1.54, 1.807) is 0 Å². The normalized spacial score (nSPS) is 20.7. The molecular weight excluding hydrogens is 294 g/mol. The van der Waals surface area contributed by atoms with Crippen LogP contribution in [0, 0.1) is 0 Å². The van der Waals surface area contributed by atoms with Crippen LogP contribution in [0.15, 0.2) is 18.2 Å². The highest BCUT2D eigenvalue weighted by atomic mass is 16.5. The van der Waals surface area contributed by atoms with E-state index in [9.17, 15) is 9.59 Å². The van der Waals surface area contributed by atoms with Crippen LogP contribution < -0.4 is 15.8 Å². The topological polar surface area (TPSA) is 84.7 Å². The van der Waals surface area contributed by atoms with Crippen LogP contribution in [0.1, 0.15) is 30.4 Å². The zero-order valence-electron chi connectivity index (χ0n) is 13.2. The average Bonchev–Trinajstić information content (AvgIpc) is 2.59. The molecule has 2 amide bonds. The van der Waals surface area contributed by atoms with Crippen LogP contribution in [0.2, 0.25) is 0 Å². The summed E-state index contributed by atoms with van der Waals surface area (Å²) in [6, 6.07) is 5.57. The van der Waals surface area contributed by atoms with E-state index >= 15 is 0 Å². The number of nitrogens with zero attached hydrogens (tertiary/aromatic N) is 1. The van der Waals surface area contributed by atoms with Crippen LogP contribution in [0.5, 0.6) is 5.75 Å². The number of fused-ring (bicyclic) bond motifs is 1. The van der Waals surface area contributed by atoms with E-state index in [2.05, 4.69) is 5.32 Å². The van der Waals surface area contributed by atoms with E-state index in [4.69, 9.17) is 10.5 Å². The molecular formula is C17H23N3O3. The van der Waals surface area contributed by atoms with E-state index in [0.29, 0.717) is 18.7 Å². The third kappa shape index (κ3) is 3.82. The molecule has 3 rings (SSSR count). The maximum absolute atomic E-state index is 12.6. The minimum Gasteiger partial charge on any atom is -0.484 e. The molecule has 1 saturated heterocycles. The van der Waals surface area contributed by atoms with Gasteiger partial charge in [0, 0.05) is 19.6 Å². The zero-order valence-corrected chi connectivity index (χ0v) is 13.2. The van der Waals surface area contributed by atoms with Crippen molar-refractivity contribution in [2.45, 2.75) is 38.3 Å². The lowest BCUT2D eigenvalue weighted by Gasteiger charge is -2.33. The predicted octanol–water partition coefficient (Wildman–Crippen LogP) is 0.577. The second-order valence-corrected chi connectivity index (χ2v) is 6.21. The Labute approximate surface area is 136 Å². The summed E-state index contributed by atoms with van der Waals surface area (Å²) in [7, 11) is 0. The number of hydrogen-bond acceptors (Lipinski definition) is 4. The van der Waals surface area contributed by atoms with E-state index in [1.165, 1.54) is 6.42 Å². The maximum Gasteiger partial charge on any atom is 0.255 e. The van der Waals surface area contributed by atoms with Crippen molar-refractivity contribution in [1.82, 2.24) is 10.2 Å². The SMILES string of the molecule is NC(=O)COc1ccc2c(c1)CN[C@H](C(=O)N1CCCCC1)C2. The number of hydrogen-bond donors (Lipinski definition) is 2. The third-order valence-corrected chi connectivity index (χ3v) is 4.49. The van der Waals surface area contributed by atoms with Gasteiger partial charge in [0.25, 0.3) is 5.91 Å². The molecule has 2 heterocycles. The first-order valence-corrected chi connectivity index (χ1v) is 8.18. The van der Waals surface area contributed by atoms with Crippen molar-refractivity contribution >= 4 is 11.8 Å². The van der Waals surface area contributed by atoms with Crippen molar-refractivity contribution < 1.29 is 14.3 Å². The van der Waals surface area contributed by atoms with E-state index in [1.807, 2.05) is 23.1 Å². The van der Waals surface area contributed by atoms with Crippen LogP contribution in [0.3, 0.4) is 0 Å². The molecule has 3 N–H and O–H groups in total. The van der Waals surface area contributed by atoms with Crippen molar-refractivity contribution in [3.63, 3.8) is 0 Å². The molecule has 124 valence electrons. The van der Waals surface area contributed by atoms with Gasteiger partial charge in [-0.1, -0.05) is 6.07 Å². The number of primary amides is 1. The Morgan fingerprint density at radius 1 is 1.22 bits per heavy atom. The van der Waals surface area contributed by atoms with Gasteiger partial charge in [-0.25, -0.2) is 0 Å². The second-order valence-electron chi connectivity index (χ2n) is 6.21. The lowest BCUT2D eigenvalue weighted by Crippen LogP contribution is -2.50. The van der Waals surface area contributed by atoms with Crippen LogP contribution in [-0.4, -0.2) is 42.5 Å². The maximum atomic E-state index is 12.6. The summed E-state index contributed by atoms with van der Waals surface area (Å²) >= 11 is 0. The summed E-state index contributed by atoms with van der Waals surface area (Å²) < 4.78 is 5.33. The molecule has 0 unspecified atom stereocenters. The molecule has 6 nitrogen and oxygen atoms in total. The van der Waals surface area contributed by atoms with Crippen molar-refractivity contribution in [3.8, 4) is 5.75 Å². The van der Waals surface area contributed by atoms with Crippen molar-refractivity contribution in [3.05, 3.63) is 29.3 Å². The number of carbonyl (C=O) groups is 2. The second kappa shape index (κ2) is 7.00. The monoisotopic (exact) mass is 317 g/mol. The van der Waals surface area contributed by atoms with Gasteiger partial charge in [0.2, 0.25) is 5.91 Å². The Kier molecular flexibility index (Phi) is 4.81. The molecule has 2 aliphatic rings. The first-order valence-electron chi connectivity index (χ1n) is 8.18. The number of piperidine rings is 1. The lowest BCUT2D eigenvalue weighted by atomic mass is 9.94. The Bertz CT molecular complexity index is 597. The minimum absolute atomic E-state index is 0.123. The van der Waals surface area contributed by atoms with Crippen LogP contribution >= 0.6 is 0 Å². The van der Waals surface area contributed by atoms with Crippen LogP contribution in [0.25, 0.3) is 0 Å². The first-order chi connectivity index (χ1) is 11.1. The van der Waals surface area contributed by atoms with Crippen molar-refractivity contribution in [2.24, 2.45) is 5.73 Å². The fraction of sp³-hybridized carbons (Fsp3) is 0.529. The van der Waals surface area contributed by atoms with Gasteiger partial charge in [-0.15, -0.1) is 0 Å². The fourth-order valence-corrected chi connectivity index (χ4v) is 3.24. The number of ether oxygens (including phenoxy) is 1. The van der Waals surface area contributed by atoms with Crippen LogP contribution in [-0.2, 0) is 22.6 Å². The standard InChI is InChI=1S/C17H23N3O3/c18-16(21)11-23-14-5-4-12-9-15(19-10-13(12)8-14)17(22)20-6-2-1-3-7-20/h4-5,8,15,19H,1-3,6-7,9-11H2,(H2,18,21)/t15-/m0/s1. The van der Waals surface area contributed by atoms with Gasteiger partial charge < -0.3 is 20.7 Å². The Morgan fingerprint density at radius 3 is 2.74 bits per heavy atom. The molecule has 6 heteroatoms. The summed E-state index contributed by atoms with van der Waals surface area (Å²) in [6.07, 6.45) is 4.13. The third-order valence-electron chi connectivity index (χ3n) is 4.49. The van der Waals surface area contributed by atoms with Crippen molar-refractivity contribution in [1.29, 1.82) is 0 Å². The number of benzene rings is 1. The first kappa shape index (κ1) is 15.8. The number of likely N-dealkylation sites (tertiary alicyclic amines) is 1. The molecule has 0 radical (unpaired) electrons. The van der Waals surface area contributed by atoms with Crippen LogP contribution in [0.4, 0.5) is 0 Å². The Balaban J connectivity index is 1.64. The number of carbonyl (C=O) groups excluding carboxylic acids is 2. The zero-order chi connectivity index (χ0) is 16.2. The van der Waals surface area contributed by atoms with E-state index in [0.717, 1.165) is 37.1 Å². The van der Waals surface area contributed by atoms with Gasteiger partial charge in [-0.2, -0.15) is 0 Å². The molecule has 2 aliphatic heterocycles. The minimum atomic E-state index is -0.493. The van der Waals surface area contributed by atoms with Gasteiger partial charge in [-0.05, 0) is 48.9 Å². The highest BCUT2D eigenvalue weighted by Crippen LogP contribution is 2.23. The van der Waals surface area contributed by atoms with E-state index < -0.39 is 5.91 Å². The summed E-state index contributed by atoms with van der Waals surface area (Å²) in [5, 5.41) is 3.33. The van der Waals surface area contributed by atoms with Gasteiger partial charge in [-0.3, -0.25) is 9.59 Å². The van der Waals surface area contributed by atoms with Gasteiger partial charge in [0.15, 0.2) is 6.61 Å². The molecule has 0 saturated carbocycles. The van der Waals surface area contributed by atoms with Crippen molar-refractivity contribution in [2.75, 3.05) is 19.7 Å². The summed E-state index contributed by atoms with van der Waals surface area (Å²) in [4.78, 5) is 25.3. The molecule has 23 heavy (non-hydrogen) atoms. The highest BCUT2D eigenvalue weighted by Gasteiger charge is 2.28. The average molecular weight is 317 g/mol. The Hall–Kier alpha value is -2.08. The predicted molar refractivity (Wildman–Crippen MR) is 85.9 cm³/mol. The summed E-state index contributed by atoms with van der Waals surface area (Å²) in [5.74, 6) is 0.350. The fourth-order valence-electron chi connectivity index (χ4n) is 3.24. The quantitative estimate of drug-likeness (QED) is 0.850. The highest BCUT2D eigenvalue weighted by molar-refractivity contribution is 5.82. The molecule has 0 aromatic heterocycles. The molecule has 1 atom stereocenters. The molecule has 0 aliphatic carbocycles. The Morgan fingerprint density at radius 2 is 2.00 bits per heavy atom. The molecule has 0 spiro atoms. The molecule has 0 bridgehead atoms. The molecule has 1 aromatic rings. The molecule has 1 aromatic carbocycles.